The summed E-state index contributed by atoms with van der Waals surface area (Å²) in [5.74, 6) is -0.178. The number of carbonyl (C=O) groups excluding carboxylic acids is 1. The van der Waals surface area contributed by atoms with E-state index in [0.29, 0.717) is 6.42 Å². The largest absolute Gasteiger partial charge is 0.469 e. The minimum atomic E-state index is -0.178. The summed E-state index contributed by atoms with van der Waals surface area (Å²) in [6.45, 7) is 2.19. The fourth-order valence-corrected chi connectivity index (χ4v) is 2.23. The summed E-state index contributed by atoms with van der Waals surface area (Å²) in [4.78, 5) is 10.9. The Balaban J connectivity index is 3.52. The van der Waals surface area contributed by atoms with Gasteiger partial charge in [0, 0.05) is 17.2 Å². The zero-order chi connectivity index (χ0) is 13.1. The van der Waals surface area contributed by atoms with Gasteiger partial charge in [-0.3, -0.25) is 4.79 Å². The van der Waals surface area contributed by atoms with Crippen molar-refractivity contribution >= 4 is 29.2 Å². The second-order valence-electron chi connectivity index (χ2n) is 4.35. The third-order valence-corrected chi connectivity index (χ3v) is 3.99. The van der Waals surface area contributed by atoms with Crippen LogP contribution in [0.4, 0.5) is 0 Å². The lowest BCUT2D eigenvalue weighted by Crippen LogP contribution is -2.15. The Morgan fingerprint density at radius 2 is 1.65 bits per heavy atom. The van der Waals surface area contributed by atoms with Crippen molar-refractivity contribution in [1.29, 1.82) is 0 Å². The van der Waals surface area contributed by atoms with Crippen LogP contribution in [0.3, 0.4) is 0 Å². The predicted octanol–water partition coefficient (Wildman–Crippen LogP) is 4.51. The van der Waals surface area contributed by atoms with E-state index < -0.39 is 0 Å². The van der Waals surface area contributed by atoms with E-state index in [1.807, 2.05) is 0 Å². The van der Waals surface area contributed by atoms with Gasteiger partial charge in [-0.2, -0.15) is 0 Å². The number of halogens is 2. The molecule has 2 atom stereocenters. The Hall–Kier alpha value is 0.0500. The van der Waals surface area contributed by atoms with Gasteiger partial charge in [0.05, 0.1) is 7.11 Å². The van der Waals surface area contributed by atoms with Crippen molar-refractivity contribution in [3.63, 3.8) is 0 Å². The fraction of sp³-hybridized carbons (Fsp3) is 0.923. The zero-order valence-corrected chi connectivity index (χ0v) is 12.4. The van der Waals surface area contributed by atoms with Crippen LogP contribution in [0.1, 0.15) is 58.3 Å². The van der Waals surface area contributed by atoms with Gasteiger partial charge in [-0.25, -0.2) is 0 Å². The Morgan fingerprint density at radius 3 is 2.18 bits per heavy atom. The molecule has 0 fully saturated rings. The van der Waals surface area contributed by atoms with Crippen LogP contribution in [0.15, 0.2) is 0 Å². The molecule has 0 spiro atoms. The van der Waals surface area contributed by atoms with Crippen LogP contribution >= 0.6 is 23.2 Å². The molecule has 0 heterocycles. The molecule has 0 aromatic rings. The molecular formula is C13H24Cl2O2. The highest BCUT2D eigenvalue weighted by Crippen LogP contribution is 2.22. The quantitative estimate of drug-likeness (QED) is 0.335. The second-order valence-corrected chi connectivity index (χ2v) is 5.47. The fourth-order valence-electron chi connectivity index (χ4n) is 1.67. The van der Waals surface area contributed by atoms with Crippen molar-refractivity contribution in [1.82, 2.24) is 0 Å². The molecule has 102 valence electrons. The Kier molecular flexibility index (Phi) is 11.2. The number of alkyl halides is 2. The van der Waals surface area contributed by atoms with Crippen LogP contribution in [0.2, 0.25) is 0 Å². The van der Waals surface area contributed by atoms with Gasteiger partial charge in [0.2, 0.25) is 0 Å². The lowest BCUT2D eigenvalue weighted by atomic mass is 10.1. The summed E-state index contributed by atoms with van der Waals surface area (Å²) in [6, 6.07) is 0. The van der Waals surface area contributed by atoms with Gasteiger partial charge in [-0.05, 0) is 19.3 Å². The average Bonchev–Trinajstić information content (AvgIpc) is 2.33. The van der Waals surface area contributed by atoms with Crippen LogP contribution in [-0.4, -0.2) is 23.8 Å². The van der Waals surface area contributed by atoms with E-state index >= 15 is 0 Å². The predicted molar refractivity (Wildman–Crippen MR) is 73.9 cm³/mol. The maximum atomic E-state index is 10.9. The summed E-state index contributed by atoms with van der Waals surface area (Å²) in [6.07, 6.45) is 7.79. The summed E-state index contributed by atoms with van der Waals surface area (Å²) in [5, 5.41) is -0.0193. The molecule has 4 heteroatoms. The molecule has 0 aliphatic heterocycles. The van der Waals surface area contributed by atoms with Gasteiger partial charge in [-0.15, -0.1) is 23.2 Å². The summed E-state index contributed by atoms with van der Waals surface area (Å²) < 4.78 is 4.57. The molecule has 0 aliphatic carbocycles. The van der Waals surface area contributed by atoms with Crippen molar-refractivity contribution in [2.45, 2.75) is 69.0 Å². The summed E-state index contributed by atoms with van der Waals surface area (Å²) >= 11 is 12.4. The third kappa shape index (κ3) is 9.72. The van der Waals surface area contributed by atoms with Crippen molar-refractivity contribution in [2.24, 2.45) is 0 Å². The highest BCUT2D eigenvalue weighted by atomic mass is 35.5. The van der Waals surface area contributed by atoms with E-state index in [1.54, 1.807) is 0 Å². The molecule has 0 amide bonds. The number of ether oxygens (including phenoxy) is 1. The molecular weight excluding hydrogens is 259 g/mol. The first kappa shape index (κ1) is 17.1. The maximum absolute atomic E-state index is 10.9. The van der Waals surface area contributed by atoms with E-state index in [9.17, 15) is 4.79 Å². The van der Waals surface area contributed by atoms with E-state index in [4.69, 9.17) is 23.2 Å². The number of esters is 1. The number of methoxy groups -OCH3 is 1. The molecule has 0 rings (SSSR count). The van der Waals surface area contributed by atoms with Gasteiger partial charge in [0.15, 0.2) is 0 Å². The number of unbranched alkanes of at least 4 members (excludes halogenated alkanes) is 3. The number of hydrogen-bond acceptors (Lipinski definition) is 2. The van der Waals surface area contributed by atoms with E-state index in [0.717, 1.165) is 25.7 Å². The Bertz CT molecular complexity index is 198. The van der Waals surface area contributed by atoms with E-state index in [2.05, 4.69) is 11.7 Å². The first-order chi connectivity index (χ1) is 8.11. The molecule has 0 bridgehead atoms. The molecule has 0 N–H and O–H groups in total. The van der Waals surface area contributed by atoms with Crippen LogP contribution in [0, 0.1) is 0 Å². The topological polar surface area (TPSA) is 26.3 Å². The summed E-state index contributed by atoms with van der Waals surface area (Å²) in [5.41, 5.74) is 0. The molecule has 0 unspecified atom stereocenters. The van der Waals surface area contributed by atoms with Gasteiger partial charge in [0.25, 0.3) is 0 Å². The normalized spacial score (nSPS) is 14.4. The lowest BCUT2D eigenvalue weighted by molar-refractivity contribution is -0.140. The highest BCUT2D eigenvalue weighted by Gasteiger charge is 2.16. The molecule has 0 saturated carbocycles. The SMILES string of the molecule is CCCCCC[C@H](Cl)[C@@H](Cl)CCCC(=O)OC. The first-order valence-electron chi connectivity index (χ1n) is 6.46. The number of carbonyl (C=O) groups is 1. The molecule has 2 nitrogen and oxygen atoms in total. The van der Waals surface area contributed by atoms with Crippen molar-refractivity contribution < 1.29 is 9.53 Å². The number of hydrogen-bond donors (Lipinski definition) is 0. The monoisotopic (exact) mass is 282 g/mol. The zero-order valence-electron chi connectivity index (χ0n) is 10.9. The first-order valence-corrected chi connectivity index (χ1v) is 7.34. The van der Waals surface area contributed by atoms with Crippen LogP contribution in [0.5, 0.6) is 0 Å². The molecule has 0 radical (unpaired) electrons. The Morgan fingerprint density at radius 1 is 1.06 bits per heavy atom. The van der Waals surface area contributed by atoms with Crippen LogP contribution in [-0.2, 0) is 9.53 Å². The molecule has 0 aromatic heterocycles. The van der Waals surface area contributed by atoms with Gasteiger partial charge in [0.1, 0.15) is 0 Å². The molecule has 0 saturated heterocycles. The standard InChI is InChI=1S/C13H24Cl2O2/c1-3-4-5-6-8-11(14)12(15)9-7-10-13(16)17-2/h11-12H,3-10H2,1-2H3/t11-,12-/m0/s1. The van der Waals surface area contributed by atoms with Gasteiger partial charge >= 0.3 is 5.97 Å². The van der Waals surface area contributed by atoms with Gasteiger partial charge in [-0.1, -0.05) is 32.6 Å². The molecule has 0 aromatic carbocycles. The second kappa shape index (κ2) is 11.2. The molecule has 0 aliphatic rings. The van der Waals surface area contributed by atoms with Crippen molar-refractivity contribution in [2.75, 3.05) is 7.11 Å². The maximum Gasteiger partial charge on any atom is 0.305 e. The third-order valence-electron chi connectivity index (χ3n) is 2.81. The van der Waals surface area contributed by atoms with Crippen LogP contribution < -0.4 is 0 Å². The van der Waals surface area contributed by atoms with E-state index in [-0.39, 0.29) is 16.7 Å². The van der Waals surface area contributed by atoms with Crippen molar-refractivity contribution in [3.05, 3.63) is 0 Å². The average molecular weight is 283 g/mol. The lowest BCUT2D eigenvalue weighted by Gasteiger charge is -2.15. The van der Waals surface area contributed by atoms with Gasteiger partial charge < -0.3 is 4.74 Å². The van der Waals surface area contributed by atoms with Crippen molar-refractivity contribution in [3.8, 4) is 0 Å². The smallest absolute Gasteiger partial charge is 0.305 e. The minimum absolute atomic E-state index is 0.0196. The van der Waals surface area contributed by atoms with Crippen LogP contribution in [0.25, 0.3) is 0 Å². The summed E-state index contributed by atoms with van der Waals surface area (Å²) in [7, 11) is 1.40. The Labute approximate surface area is 115 Å². The minimum Gasteiger partial charge on any atom is -0.469 e. The molecule has 17 heavy (non-hydrogen) atoms. The number of rotatable bonds is 10. The van der Waals surface area contributed by atoms with E-state index in [1.165, 1.54) is 26.4 Å². The highest BCUT2D eigenvalue weighted by molar-refractivity contribution is 6.29.